The smallest absolute Gasteiger partial charge is 0.103 e. The fourth-order valence-corrected chi connectivity index (χ4v) is 5.54. The third-order valence-corrected chi connectivity index (χ3v) is 7.52. The normalized spacial score (nSPS) is 11.2. The van der Waals surface area contributed by atoms with Crippen LogP contribution in [0.5, 0.6) is 0 Å². The predicted octanol–water partition coefficient (Wildman–Crippen LogP) is 7.37. The lowest BCUT2D eigenvalue weighted by Crippen LogP contribution is -1.90. The highest BCUT2D eigenvalue weighted by Gasteiger charge is 2.10. The Kier molecular flexibility index (Phi) is 5.33. The van der Waals surface area contributed by atoms with Gasteiger partial charge in [0, 0.05) is 21.1 Å². The van der Waals surface area contributed by atoms with Crippen molar-refractivity contribution in [1.82, 2.24) is 0 Å². The van der Waals surface area contributed by atoms with E-state index in [0.29, 0.717) is 0 Å². The molecule has 1 nitrogen and oxygen atoms in total. The van der Waals surface area contributed by atoms with Crippen molar-refractivity contribution in [3.8, 4) is 10.4 Å². The Labute approximate surface area is 169 Å². The molecule has 4 rings (SSSR count). The third-order valence-electron chi connectivity index (χ3n) is 5.15. The van der Waals surface area contributed by atoms with E-state index in [0.717, 1.165) is 25.0 Å². The van der Waals surface area contributed by atoms with E-state index in [1.807, 2.05) is 29.6 Å². The molecule has 0 unspecified atom stereocenters. The second-order valence-electron chi connectivity index (χ2n) is 7.12. The summed E-state index contributed by atoms with van der Waals surface area (Å²) in [5.74, 6) is 1.04. The van der Waals surface area contributed by atoms with E-state index in [2.05, 4.69) is 61.7 Å². The molecule has 3 aromatic heterocycles. The summed E-state index contributed by atoms with van der Waals surface area (Å²) in [5, 5.41) is 2.19. The molecular formula is C24H24OS2. The highest BCUT2D eigenvalue weighted by atomic mass is 32.1. The molecular weight excluding hydrogens is 368 g/mol. The zero-order chi connectivity index (χ0) is 18.8. The van der Waals surface area contributed by atoms with Gasteiger partial charge >= 0.3 is 0 Å². The number of hydrogen-bond donors (Lipinski definition) is 0. The zero-order valence-corrected chi connectivity index (χ0v) is 17.7. The molecule has 0 aliphatic rings. The SMILES string of the molecule is Cc1ccsc1Cc1cccc(-c2cc(C)c(CCc3ccoc3C)s2)c1. The lowest BCUT2D eigenvalue weighted by molar-refractivity contribution is 0.529. The largest absolute Gasteiger partial charge is 0.469 e. The lowest BCUT2D eigenvalue weighted by atomic mass is 10.0. The van der Waals surface area contributed by atoms with E-state index in [1.165, 1.54) is 42.4 Å². The van der Waals surface area contributed by atoms with Gasteiger partial charge in [0.1, 0.15) is 5.76 Å². The lowest BCUT2D eigenvalue weighted by Gasteiger charge is -2.04. The first-order valence-corrected chi connectivity index (χ1v) is 11.0. The van der Waals surface area contributed by atoms with Crippen molar-refractivity contribution >= 4 is 22.7 Å². The number of thiophene rings is 2. The van der Waals surface area contributed by atoms with Gasteiger partial charge in [0.15, 0.2) is 0 Å². The molecule has 0 saturated carbocycles. The standard InChI is InChI=1S/C24H24OS2/c1-16-10-12-26-23(16)15-19-5-4-6-21(14-19)24-13-17(2)22(27-24)8-7-20-9-11-25-18(20)3/h4-6,9-14H,7-8,15H2,1-3H3. The number of furan rings is 1. The van der Waals surface area contributed by atoms with E-state index >= 15 is 0 Å². The minimum atomic E-state index is 1.02. The second kappa shape index (κ2) is 7.87. The van der Waals surface area contributed by atoms with Crippen molar-refractivity contribution < 1.29 is 4.42 Å². The molecule has 0 bridgehead atoms. The van der Waals surface area contributed by atoms with E-state index < -0.39 is 0 Å². The first kappa shape index (κ1) is 18.3. The van der Waals surface area contributed by atoms with Crippen molar-refractivity contribution in [2.24, 2.45) is 0 Å². The monoisotopic (exact) mass is 392 g/mol. The van der Waals surface area contributed by atoms with Crippen LogP contribution >= 0.6 is 22.7 Å². The van der Waals surface area contributed by atoms with E-state index in [9.17, 15) is 0 Å². The summed E-state index contributed by atoms with van der Waals surface area (Å²) >= 11 is 3.79. The van der Waals surface area contributed by atoms with Crippen molar-refractivity contribution in [3.63, 3.8) is 0 Å². The van der Waals surface area contributed by atoms with E-state index in [-0.39, 0.29) is 0 Å². The summed E-state index contributed by atoms with van der Waals surface area (Å²) in [7, 11) is 0. The van der Waals surface area contributed by atoms with E-state index in [4.69, 9.17) is 4.42 Å². The van der Waals surface area contributed by atoms with Gasteiger partial charge in [0.25, 0.3) is 0 Å². The summed E-state index contributed by atoms with van der Waals surface area (Å²) in [6, 6.07) is 15.7. The number of rotatable bonds is 6. The second-order valence-corrected chi connectivity index (χ2v) is 9.26. The highest BCUT2D eigenvalue weighted by molar-refractivity contribution is 7.15. The Morgan fingerprint density at radius 1 is 0.889 bits per heavy atom. The van der Waals surface area contributed by atoms with Gasteiger partial charge in [0.05, 0.1) is 6.26 Å². The molecule has 0 aliphatic heterocycles. The summed E-state index contributed by atoms with van der Waals surface area (Å²) in [5.41, 5.74) is 6.84. The van der Waals surface area contributed by atoms with Crippen molar-refractivity contribution in [3.05, 3.63) is 91.9 Å². The van der Waals surface area contributed by atoms with Crippen LogP contribution in [-0.4, -0.2) is 0 Å². The Morgan fingerprint density at radius 2 is 1.78 bits per heavy atom. The van der Waals surface area contributed by atoms with E-state index in [1.54, 1.807) is 6.26 Å². The Balaban J connectivity index is 1.52. The van der Waals surface area contributed by atoms with Crippen LogP contribution in [0.4, 0.5) is 0 Å². The van der Waals surface area contributed by atoms with Crippen LogP contribution in [0.25, 0.3) is 10.4 Å². The summed E-state index contributed by atoms with van der Waals surface area (Å²) < 4.78 is 5.43. The van der Waals surface area contributed by atoms with Gasteiger partial charge in [-0.15, -0.1) is 22.7 Å². The molecule has 0 radical (unpaired) electrons. The van der Waals surface area contributed by atoms with Gasteiger partial charge in [-0.05, 0) is 91.1 Å². The first-order valence-electron chi connectivity index (χ1n) is 9.34. The Morgan fingerprint density at radius 3 is 2.52 bits per heavy atom. The summed E-state index contributed by atoms with van der Waals surface area (Å²) in [4.78, 5) is 4.31. The molecule has 0 amide bonds. The van der Waals surface area contributed by atoms with Crippen LogP contribution in [0.1, 0.15) is 37.8 Å². The topological polar surface area (TPSA) is 13.1 Å². The Hall–Kier alpha value is -2.10. The zero-order valence-electron chi connectivity index (χ0n) is 16.0. The molecule has 3 heterocycles. The molecule has 0 fully saturated rings. The van der Waals surface area contributed by atoms with Crippen LogP contribution in [0.3, 0.4) is 0 Å². The fraction of sp³-hybridized carbons (Fsp3) is 0.250. The Bertz CT molecular complexity index is 1050. The maximum Gasteiger partial charge on any atom is 0.103 e. The van der Waals surface area contributed by atoms with Crippen molar-refractivity contribution in [2.75, 3.05) is 0 Å². The van der Waals surface area contributed by atoms with Gasteiger partial charge in [-0.25, -0.2) is 0 Å². The van der Waals surface area contributed by atoms with Gasteiger partial charge in [0.2, 0.25) is 0 Å². The molecule has 27 heavy (non-hydrogen) atoms. The number of hydrogen-bond acceptors (Lipinski definition) is 3. The van der Waals surface area contributed by atoms with Crippen molar-refractivity contribution in [1.29, 1.82) is 0 Å². The molecule has 0 saturated heterocycles. The third kappa shape index (κ3) is 4.10. The van der Waals surface area contributed by atoms with Gasteiger partial charge < -0.3 is 4.42 Å². The molecule has 3 heteroatoms. The molecule has 0 aliphatic carbocycles. The quantitative estimate of drug-likeness (QED) is 0.334. The van der Waals surface area contributed by atoms with Crippen LogP contribution in [0.15, 0.2) is 58.5 Å². The average Bonchev–Trinajstić information content (AvgIpc) is 3.35. The maximum absolute atomic E-state index is 5.43. The minimum absolute atomic E-state index is 1.02. The number of benzene rings is 1. The maximum atomic E-state index is 5.43. The molecule has 0 atom stereocenters. The van der Waals surface area contributed by atoms with Gasteiger partial charge in [-0.3, -0.25) is 0 Å². The van der Waals surface area contributed by atoms with Gasteiger partial charge in [-0.1, -0.05) is 18.2 Å². The predicted molar refractivity (Wildman–Crippen MR) is 117 cm³/mol. The average molecular weight is 393 g/mol. The highest BCUT2D eigenvalue weighted by Crippen LogP contribution is 2.33. The van der Waals surface area contributed by atoms with Crippen LogP contribution < -0.4 is 0 Å². The molecule has 4 aromatic rings. The molecule has 138 valence electrons. The molecule has 1 aromatic carbocycles. The summed E-state index contributed by atoms with van der Waals surface area (Å²) in [6.07, 6.45) is 4.93. The fourth-order valence-electron chi connectivity index (χ4n) is 3.43. The van der Waals surface area contributed by atoms with Crippen LogP contribution in [0.2, 0.25) is 0 Å². The molecule has 0 spiro atoms. The molecule has 0 N–H and O–H groups in total. The van der Waals surface area contributed by atoms with Crippen molar-refractivity contribution in [2.45, 2.75) is 40.0 Å². The summed E-state index contributed by atoms with van der Waals surface area (Å²) in [6.45, 7) is 6.48. The first-order chi connectivity index (χ1) is 13.1. The van der Waals surface area contributed by atoms with Crippen LogP contribution in [0, 0.1) is 20.8 Å². The minimum Gasteiger partial charge on any atom is -0.469 e. The van der Waals surface area contributed by atoms with Crippen LogP contribution in [-0.2, 0) is 19.3 Å². The van der Waals surface area contributed by atoms with Gasteiger partial charge in [-0.2, -0.15) is 0 Å². The number of aryl methyl sites for hydroxylation is 5.